The van der Waals surface area contributed by atoms with Crippen molar-refractivity contribution in [3.05, 3.63) is 52.8 Å². The quantitative estimate of drug-likeness (QED) is 0.285. The molecule has 11 heteroatoms. The maximum absolute atomic E-state index is 17.1. The third-order valence-electron chi connectivity index (χ3n) is 11.6. The Balaban J connectivity index is 1.20. The van der Waals surface area contributed by atoms with Crippen LogP contribution in [0.3, 0.4) is 0 Å². The molecule has 2 aromatic carbocycles. The number of phenolic OH excluding ortho intramolecular Hbond substituents is 1. The lowest BCUT2D eigenvalue weighted by molar-refractivity contribution is 0.110. The molecule has 1 unspecified atom stereocenters. The number of anilines is 2. The number of aromatic hydroxyl groups is 1. The molecule has 0 amide bonds. The molecule has 8 nitrogen and oxygen atoms in total. The van der Waals surface area contributed by atoms with Crippen molar-refractivity contribution < 1.29 is 23.1 Å². The monoisotopic (exact) mass is 642 g/mol. The van der Waals surface area contributed by atoms with Crippen molar-refractivity contribution in [1.29, 1.82) is 0 Å². The van der Waals surface area contributed by atoms with Gasteiger partial charge in [-0.1, -0.05) is 23.4 Å². The van der Waals surface area contributed by atoms with Crippen LogP contribution >= 0.6 is 0 Å². The number of fused-ring (bicyclic) bond motifs is 7. The average molecular weight is 643 g/mol. The number of aromatic nitrogens is 1. The minimum Gasteiger partial charge on any atom is -0.508 e. The van der Waals surface area contributed by atoms with E-state index < -0.39 is 23.7 Å². The number of hydrogen-bond donors (Lipinski definition) is 2. The highest BCUT2D eigenvalue weighted by Gasteiger charge is 2.50. The van der Waals surface area contributed by atoms with E-state index in [1.165, 1.54) is 24.3 Å². The molecule has 0 spiro atoms. The summed E-state index contributed by atoms with van der Waals surface area (Å²) in [6.07, 6.45) is 8.58. The van der Waals surface area contributed by atoms with E-state index in [2.05, 4.69) is 28.0 Å². The molecule has 9 rings (SSSR count). The zero-order valence-corrected chi connectivity index (χ0v) is 26.2. The van der Waals surface area contributed by atoms with Gasteiger partial charge in [0.15, 0.2) is 12.0 Å². The summed E-state index contributed by atoms with van der Waals surface area (Å²) in [5, 5.41) is 15.8. The number of nitrogens with zero attached hydrogens (tertiary/aromatic N) is 5. The standard InChI is InChI=1S/C36H37F3N6O2/c1-3-24-26(38)7-5-20-12-23(46)13-25(31(20)24)34-41-28-11-19(2)33-27-8-6-22(40-27)17-44(33)29-14-30(42-35(32(28)29)45(34)39)47-18-36-9-4-10-43(36)16-21(37)15-36/h1,5,7,12-14,19,21-22,27,33-34,40,46H,4,6,8-11,15-18H2,2H3/t19-,21+,22+,27-,33-,34?,36-/m0/s1. The SMILES string of the molecule is C#Cc1c(F)ccc2cc(O)cc(C3N=C4C[C@H](C)[C@H]5[C@@H]6CC[C@H](CN5c5cc(OC[C@@]78CCCN7C[C@H](F)C8)nc(c54)N3F)N6)c12. The van der Waals surface area contributed by atoms with Crippen LogP contribution in [0.25, 0.3) is 10.8 Å². The number of benzene rings is 2. The summed E-state index contributed by atoms with van der Waals surface area (Å²) < 4.78 is 53.2. The van der Waals surface area contributed by atoms with Crippen molar-refractivity contribution >= 4 is 28.0 Å². The highest BCUT2D eigenvalue weighted by atomic mass is 19.2. The third kappa shape index (κ3) is 4.37. The summed E-state index contributed by atoms with van der Waals surface area (Å²) >= 11 is 0. The van der Waals surface area contributed by atoms with E-state index in [0.29, 0.717) is 52.6 Å². The Kier molecular flexibility index (Phi) is 6.51. The van der Waals surface area contributed by atoms with Crippen LogP contribution in [0.15, 0.2) is 35.3 Å². The van der Waals surface area contributed by atoms with Crippen LogP contribution < -0.4 is 20.1 Å². The molecule has 1 aromatic heterocycles. The van der Waals surface area contributed by atoms with Crippen LogP contribution in [-0.2, 0) is 0 Å². The van der Waals surface area contributed by atoms with E-state index in [0.717, 1.165) is 44.5 Å². The van der Waals surface area contributed by atoms with E-state index in [4.69, 9.17) is 21.1 Å². The molecule has 0 aliphatic carbocycles. The molecule has 6 aliphatic rings. The molecule has 244 valence electrons. The van der Waals surface area contributed by atoms with E-state index in [1.807, 2.05) is 6.07 Å². The normalized spacial score (nSPS) is 32.4. The lowest BCUT2D eigenvalue weighted by Gasteiger charge is -2.44. The molecule has 2 bridgehead atoms. The van der Waals surface area contributed by atoms with Gasteiger partial charge in [-0.2, -0.15) is 10.1 Å². The maximum atomic E-state index is 17.1. The van der Waals surface area contributed by atoms with E-state index >= 15 is 8.87 Å². The van der Waals surface area contributed by atoms with Gasteiger partial charge in [0.2, 0.25) is 5.88 Å². The number of nitrogens with one attached hydrogen (secondary N) is 1. The maximum Gasteiger partial charge on any atom is 0.217 e. The summed E-state index contributed by atoms with van der Waals surface area (Å²) in [5.74, 6) is 2.23. The molecule has 7 heterocycles. The smallest absolute Gasteiger partial charge is 0.217 e. The zero-order valence-electron chi connectivity index (χ0n) is 26.2. The molecule has 0 saturated carbocycles. The fourth-order valence-corrected chi connectivity index (χ4v) is 9.64. The summed E-state index contributed by atoms with van der Waals surface area (Å²) in [6.45, 7) is 4.50. The number of alkyl halides is 1. The third-order valence-corrected chi connectivity index (χ3v) is 11.6. The Morgan fingerprint density at radius 2 is 2.09 bits per heavy atom. The molecule has 0 radical (unpaired) electrons. The van der Waals surface area contributed by atoms with Gasteiger partial charge in [0.05, 0.1) is 28.1 Å². The highest BCUT2D eigenvalue weighted by Crippen LogP contribution is 2.49. The number of ether oxygens (including phenoxy) is 1. The van der Waals surface area contributed by atoms with Gasteiger partial charge < -0.3 is 20.1 Å². The van der Waals surface area contributed by atoms with Gasteiger partial charge in [0.25, 0.3) is 0 Å². The average Bonchev–Trinajstić information content (AvgIpc) is 3.69. The summed E-state index contributed by atoms with van der Waals surface area (Å²) in [7, 11) is 0. The van der Waals surface area contributed by atoms with Crippen molar-refractivity contribution in [2.24, 2.45) is 10.9 Å². The first kappa shape index (κ1) is 29.2. The molecule has 7 atom stereocenters. The first-order valence-corrected chi connectivity index (χ1v) is 16.8. The minimum atomic E-state index is -1.28. The molecular formula is C36H37F3N6O2. The predicted molar refractivity (Wildman–Crippen MR) is 174 cm³/mol. The number of aliphatic imine (C=N–C) groups is 1. The molecule has 4 fully saturated rings. The van der Waals surface area contributed by atoms with Gasteiger partial charge in [-0.15, -0.1) is 6.42 Å². The Bertz CT molecular complexity index is 1880. The van der Waals surface area contributed by atoms with Gasteiger partial charge in [0, 0.05) is 54.7 Å². The number of rotatable bonds is 4. The number of terminal acetylenes is 1. The number of phenols is 1. The predicted octanol–water partition coefficient (Wildman–Crippen LogP) is 5.56. The summed E-state index contributed by atoms with van der Waals surface area (Å²) in [5.41, 5.74) is 2.02. The molecule has 2 N–H and O–H groups in total. The van der Waals surface area contributed by atoms with Crippen LogP contribution in [0.4, 0.5) is 24.8 Å². The Morgan fingerprint density at radius 1 is 1.21 bits per heavy atom. The van der Waals surface area contributed by atoms with Crippen molar-refractivity contribution in [3.8, 4) is 24.0 Å². The van der Waals surface area contributed by atoms with Gasteiger partial charge >= 0.3 is 0 Å². The summed E-state index contributed by atoms with van der Waals surface area (Å²) in [6, 6.07) is 8.36. The van der Waals surface area contributed by atoms with Crippen molar-refractivity contribution in [2.75, 3.05) is 36.3 Å². The number of hydrogen-bond acceptors (Lipinski definition) is 8. The topological polar surface area (TPSA) is 76.5 Å². The molecule has 3 aromatic rings. The molecular weight excluding hydrogens is 605 g/mol. The highest BCUT2D eigenvalue weighted by molar-refractivity contribution is 6.11. The zero-order chi connectivity index (χ0) is 32.2. The second-order valence-electron chi connectivity index (χ2n) is 14.4. The second kappa shape index (κ2) is 10.5. The number of pyridine rings is 1. The first-order valence-electron chi connectivity index (χ1n) is 16.8. The van der Waals surface area contributed by atoms with Gasteiger partial charge in [-0.25, -0.2) is 8.78 Å². The van der Waals surface area contributed by atoms with Crippen LogP contribution in [0, 0.1) is 24.1 Å². The van der Waals surface area contributed by atoms with Gasteiger partial charge in [-0.3, -0.25) is 9.89 Å². The fourth-order valence-electron chi connectivity index (χ4n) is 9.64. The van der Waals surface area contributed by atoms with Gasteiger partial charge in [0.1, 0.15) is 24.3 Å². The van der Waals surface area contributed by atoms with Crippen LogP contribution in [-0.4, -0.2) is 76.8 Å². The van der Waals surface area contributed by atoms with Crippen LogP contribution in [0.1, 0.15) is 68.3 Å². The second-order valence-corrected chi connectivity index (χ2v) is 14.4. The lowest BCUT2D eigenvalue weighted by atomic mass is 9.88. The van der Waals surface area contributed by atoms with E-state index in [1.54, 1.807) is 0 Å². The fraction of sp³-hybridized carbons (Fsp3) is 0.500. The van der Waals surface area contributed by atoms with E-state index in [9.17, 15) is 9.50 Å². The molecule has 6 aliphatic heterocycles. The minimum absolute atomic E-state index is 0.0146. The first-order chi connectivity index (χ1) is 22.7. The molecule has 4 saturated heterocycles. The van der Waals surface area contributed by atoms with Crippen LogP contribution in [0.5, 0.6) is 11.6 Å². The van der Waals surface area contributed by atoms with Crippen molar-refractivity contribution in [1.82, 2.24) is 15.2 Å². The van der Waals surface area contributed by atoms with Crippen molar-refractivity contribution in [3.63, 3.8) is 0 Å². The van der Waals surface area contributed by atoms with E-state index in [-0.39, 0.29) is 53.2 Å². The Morgan fingerprint density at radius 3 is 2.94 bits per heavy atom. The largest absolute Gasteiger partial charge is 0.508 e. The van der Waals surface area contributed by atoms with Crippen molar-refractivity contribution in [2.45, 2.75) is 81.5 Å². The Labute approximate surface area is 271 Å². The lowest BCUT2D eigenvalue weighted by Crippen LogP contribution is -2.60. The summed E-state index contributed by atoms with van der Waals surface area (Å²) in [4.78, 5) is 14.4. The number of halogens is 3. The Hall–Kier alpha value is -4.01. The number of piperazine rings is 1. The van der Waals surface area contributed by atoms with Crippen LogP contribution in [0.2, 0.25) is 0 Å². The van der Waals surface area contributed by atoms with Gasteiger partial charge in [-0.05, 0) is 68.2 Å². The molecule has 47 heavy (non-hydrogen) atoms.